The quantitative estimate of drug-likeness (QED) is 0.314. The van der Waals surface area contributed by atoms with Crippen LogP contribution in [0.4, 0.5) is 11.4 Å². The van der Waals surface area contributed by atoms with E-state index in [9.17, 15) is 24.6 Å². The van der Waals surface area contributed by atoms with Crippen LogP contribution in [0.5, 0.6) is 5.75 Å². The molecule has 3 aromatic rings. The van der Waals surface area contributed by atoms with E-state index in [1.54, 1.807) is 61.1 Å². The molecule has 0 saturated carbocycles. The second-order valence-electron chi connectivity index (χ2n) is 13.4. The number of rotatable bonds is 9. The van der Waals surface area contributed by atoms with Gasteiger partial charge in [0.1, 0.15) is 5.75 Å². The van der Waals surface area contributed by atoms with Crippen molar-refractivity contribution < 1.29 is 34.1 Å². The first-order valence-electron chi connectivity index (χ1n) is 16.2. The highest BCUT2D eigenvalue weighted by Gasteiger charge is 2.66. The fourth-order valence-corrected chi connectivity index (χ4v) is 7.91. The zero-order valence-electron chi connectivity index (χ0n) is 27.3. The van der Waals surface area contributed by atoms with Crippen LogP contribution in [0, 0.1) is 11.8 Å². The summed E-state index contributed by atoms with van der Waals surface area (Å²) in [6.07, 6.45) is 0.856. The first-order valence-corrected chi connectivity index (χ1v) is 16.2. The lowest BCUT2D eigenvalue weighted by Gasteiger charge is -2.34. The van der Waals surface area contributed by atoms with Gasteiger partial charge in [0.2, 0.25) is 5.91 Å². The minimum Gasteiger partial charge on any atom is -0.497 e. The number of hydrogen-bond donors (Lipinski definition) is 3. The number of benzene rings is 3. The number of nitrogens with zero attached hydrogens (tertiary/aromatic N) is 2. The van der Waals surface area contributed by atoms with Crippen molar-refractivity contribution in [3.8, 4) is 5.75 Å². The number of fused-ring (bicyclic) bond motifs is 2. The molecule has 3 N–H and O–H groups in total. The van der Waals surface area contributed by atoms with E-state index in [1.165, 1.54) is 0 Å². The third kappa shape index (κ3) is 5.90. The first-order chi connectivity index (χ1) is 22.5. The molecule has 248 valence electrons. The second kappa shape index (κ2) is 12.7. The van der Waals surface area contributed by atoms with Crippen molar-refractivity contribution >= 4 is 29.1 Å². The molecule has 3 heterocycles. The molecular weight excluding hydrogens is 598 g/mol. The predicted octanol–water partition coefficient (Wildman–Crippen LogP) is 4.49. The van der Waals surface area contributed by atoms with Crippen molar-refractivity contribution in [1.29, 1.82) is 0 Å². The zero-order valence-corrected chi connectivity index (χ0v) is 27.3. The van der Waals surface area contributed by atoms with E-state index in [0.717, 1.165) is 18.4 Å². The van der Waals surface area contributed by atoms with E-state index in [0.29, 0.717) is 34.8 Å². The minimum atomic E-state index is -1.40. The van der Waals surface area contributed by atoms with Gasteiger partial charge >= 0.3 is 0 Å². The molecular formula is C37H43N3O7. The van der Waals surface area contributed by atoms with Crippen molar-refractivity contribution in [3.05, 3.63) is 89.5 Å². The maximum Gasteiger partial charge on any atom is 0.264 e. The highest BCUT2D eigenvalue weighted by Crippen LogP contribution is 2.58. The zero-order chi connectivity index (χ0) is 33.5. The van der Waals surface area contributed by atoms with Crippen LogP contribution in [-0.4, -0.2) is 70.8 Å². The Morgan fingerprint density at radius 1 is 1.09 bits per heavy atom. The number of carbonyl (C=O) groups excluding carboxylic acids is 3. The van der Waals surface area contributed by atoms with Crippen LogP contribution in [0.15, 0.2) is 72.8 Å². The lowest BCUT2D eigenvalue weighted by molar-refractivity contribution is -0.150. The summed E-state index contributed by atoms with van der Waals surface area (Å²) in [4.78, 5) is 44.5. The third-order valence-corrected chi connectivity index (χ3v) is 10.1. The fourth-order valence-electron chi connectivity index (χ4n) is 7.91. The van der Waals surface area contributed by atoms with Gasteiger partial charge in [-0.2, -0.15) is 0 Å². The minimum absolute atomic E-state index is 0.00261. The van der Waals surface area contributed by atoms with Gasteiger partial charge in [-0.3, -0.25) is 14.4 Å². The van der Waals surface area contributed by atoms with E-state index in [2.05, 4.69) is 5.32 Å². The number of para-hydroxylation sites is 1. The molecule has 0 aliphatic carbocycles. The molecule has 0 aromatic heterocycles. The number of likely N-dealkylation sites (tertiary alicyclic amines) is 1. The first kappa shape index (κ1) is 32.7. The molecule has 5 atom stereocenters. The van der Waals surface area contributed by atoms with Crippen molar-refractivity contribution in [1.82, 2.24) is 4.90 Å². The van der Waals surface area contributed by atoms with Crippen molar-refractivity contribution in [3.63, 3.8) is 0 Å². The third-order valence-electron chi connectivity index (χ3n) is 10.1. The topological polar surface area (TPSA) is 129 Å². The summed E-state index contributed by atoms with van der Waals surface area (Å²) in [5.41, 5.74) is 0.659. The highest BCUT2D eigenvalue weighted by molar-refractivity contribution is 6.08. The smallest absolute Gasteiger partial charge is 0.264 e. The van der Waals surface area contributed by atoms with Crippen LogP contribution < -0.4 is 15.0 Å². The predicted molar refractivity (Wildman–Crippen MR) is 177 cm³/mol. The SMILES string of the molecule is COc1ccc(C(=O)Nc2cccc(CN3C(=O)[C@@]4(O[C@@H](CC(=O)N5CCC[C@H]5CO)[C@H](C(C)(C)O)[C@H]4C)c4ccccc43)c2)cc1. The van der Waals surface area contributed by atoms with Gasteiger partial charge in [0.05, 0.1) is 50.1 Å². The summed E-state index contributed by atoms with van der Waals surface area (Å²) in [5.74, 6) is -0.980. The van der Waals surface area contributed by atoms with Crippen molar-refractivity contribution in [2.75, 3.05) is 30.5 Å². The lowest BCUT2D eigenvalue weighted by atomic mass is 9.71. The van der Waals surface area contributed by atoms with Crippen LogP contribution in [0.1, 0.15) is 61.5 Å². The van der Waals surface area contributed by atoms with Crippen LogP contribution in [0.2, 0.25) is 0 Å². The summed E-state index contributed by atoms with van der Waals surface area (Å²) < 4.78 is 12.0. The summed E-state index contributed by atoms with van der Waals surface area (Å²) in [6, 6.07) is 21.5. The van der Waals surface area contributed by atoms with Gasteiger partial charge in [-0.05, 0) is 74.7 Å². The van der Waals surface area contributed by atoms with Crippen LogP contribution in [0.25, 0.3) is 0 Å². The Hall–Kier alpha value is -4.25. The van der Waals surface area contributed by atoms with Gasteiger partial charge in [0.25, 0.3) is 11.8 Å². The van der Waals surface area contributed by atoms with E-state index in [-0.39, 0.29) is 43.3 Å². The number of methoxy groups -OCH3 is 1. The van der Waals surface area contributed by atoms with Gasteiger partial charge < -0.3 is 34.8 Å². The molecule has 0 bridgehead atoms. The van der Waals surface area contributed by atoms with Gasteiger partial charge in [0.15, 0.2) is 5.60 Å². The van der Waals surface area contributed by atoms with Crippen molar-refractivity contribution in [2.45, 2.75) is 69.9 Å². The van der Waals surface area contributed by atoms with Crippen LogP contribution in [-0.2, 0) is 26.5 Å². The van der Waals surface area contributed by atoms with Gasteiger partial charge in [-0.1, -0.05) is 37.3 Å². The maximum absolute atomic E-state index is 14.7. The van der Waals surface area contributed by atoms with Crippen LogP contribution in [0.3, 0.4) is 0 Å². The van der Waals surface area contributed by atoms with E-state index in [4.69, 9.17) is 9.47 Å². The number of aliphatic hydroxyl groups is 2. The number of carbonyl (C=O) groups is 3. The number of nitrogens with one attached hydrogen (secondary N) is 1. The average molecular weight is 642 g/mol. The van der Waals surface area contributed by atoms with Gasteiger partial charge in [0, 0.05) is 35.2 Å². The Labute approximate surface area is 275 Å². The molecule has 0 unspecified atom stereocenters. The Bertz CT molecular complexity index is 1650. The maximum atomic E-state index is 14.7. The standard InChI is InChI=1S/C37H43N3O7/c1-23-33(36(2,3)45)31(20-32(42)39-18-8-11-27(39)22-41)47-37(23)29-12-5-6-13-30(29)40(35(37)44)21-24-9-7-10-26(19-24)38-34(43)25-14-16-28(46-4)17-15-25/h5-7,9-10,12-17,19,23,27,31,33,41,45H,8,11,18,20-22H2,1-4H3,(H,38,43)/t23-,27+,31+,33-,37+/m1/s1. The number of anilines is 2. The molecule has 10 nitrogen and oxygen atoms in total. The Morgan fingerprint density at radius 2 is 1.83 bits per heavy atom. The number of aliphatic hydroxyl groups excluding tert-OH is 1. The largest absolute Gasteiger partial charge is 0.497 e. The molecule has 2 saturated heterocycles. The molecule has 3 amide bonds. The highest BCUT2D eigenvalue weighted by atomic mass is 16.5. The molecule has 2 fully saturated rings. The molecule has 47 heavy (non-hydrogen) atoms. The Morgan fingerprint density at radius 3 is 2.53 bits per heavy atom. The van der Waals surface area contributed by atoms with E-state index in [1.807, 2.05) is 49.4 Å². The summed E-state index contributed by atoms with van der Waals surface area (Å²) in [7, 11) is 1.57. The van der Waals surface area contributed by atoms with E-state index < -0.39 is 29.1 Å². The fraction of sp³-hybridized carbons (Fsp3) is 0.432. The average Bonchev–Trinajstić information content (AvgIpc) is 3.72. The summed E-state index contributed by atoms with van der Waals surface area (Å²) in [6.45, 7) is 6.03. The molecule has 3 aliphatic rings. The number of ether oxygens (including phenoxy) is 2. The van der Waals surface area contributed by atoms with Crippen LogP contribution >= 0.6 is 0 Å². The molecule has 1 spiro atoms. The molecule has 3 aliphatic heterocycles. The van der Waals surface area contributed by atoms with Crippen molar-refractivity contribution in [2.24, 2.45) is 11.8 Å². The molecule has 6 rings (SSSR count). The normalized spacial score (nSPS) is 25.4. The summed E-state index contributed by atoms with van der Waals surface area (Å²) in [5, 5.41) is 24.2. The van der Waals surface area contributed by atoms with Gasteiger partial charge in [-0.25, -0.2) is 0 Å². The Kier molecular flexibility index (Phi) is 8.86. The Balaban J connectivity index is 1.27. The molecule has 10 heteroatoms. The number of hydrogen-bond acceptors (Lipinski definition) is 7. The van der Waals surface area contributed by atoms with E-state index >= 15 is 0 Å². The second-order valence-corrected chi connectivity index (χ2v) is 13.4. The summed E-state index contributed by atoms with van der Waals surface area (Å²) >= 11 is 0. The number of amides is 3. The van der Waals surface area contributed by atoms with Gasteiger partial charge in [-0.15, -0.1) is 0 Å². The lowest BCUT2D eigenvalue weighted by Crippen LogP contribution is -2.46. The molecule has 0 radical (unpaired) electrons. The monoisotopic (exact) mass is 641 g/mol. The molecule has 3 aromatic carbocycles.